The highest BCUT2D eigenvalue weighted by Crippen LogP contribution is 2.33. The van der Waals surface area contributed by atoms with Crippen molar-refractivity contribution in [3.63, 3.8) is 0 Å². The summed E-state index contributed by atoms with van der Waals surface area (Å²) in [6.45, 7) is 3.21. The molecular formula is C31H37N7O3. The van der Waals surface area contributed by atoms with Crippen molar-refractivity contribution in [1.29, 1.82) is 0 Å². The highest BCUT2D eigenvalue weighted by molar-refractivity contribution is 6.03. The first kappa shape index (κ1) is 29.4. The summed E-state index contributed by atoms with van der Waals surface area (Å²) in [5.74, 6) is 3.65. The van der Waals surface area contributed by atoms with Crippen LogP contribution in [0.2, 0.25) is 0 Å². The molecule has 4 rings (SSSR count). The molecule has 1 atom stereocenters. The van der Waals surface area contributed by atoms with Gasteiger partial charge in [-0.3, -0.25) is 20.2 Å². The van der Waals surface area contributed by atoms with Gasteiger partial charge in [0.1, 0.15) is 0 Å². The molecule has 0 spiro atoms. The van der Waals surface area contributed by atoms with Crippen LogP contribution in [0.3, 0.4) is 0 Å². The Morgan fingerprint density at radius 1 is 0.951 bits per heavy atom. The molecule has 0 radical (unpaired) electrons. The molecule has 6 N–H and O–H groups in total. The molecular weight excluding hydrogens is 518 g/mol. The largest absolute Gasteiger partial charge is 0.326 e. The van der Waals surface area contributed by atoms with Crippen LogP contribution in [-0.4, -0.2) is 23.5 Å². The molecule has 214 valence electrons. The molecule has 0 bridgehead atoms. The van der Waals surface area contributed by atoms with Gasteiger partial charge in [0.05, 0.1) is 6.54 Å². The fourth-order valence-corrected chi connectivity index (χ4v) is 5.04. The van der Waals surface area contributed by atoms with E-state index in [4.69, 9.17) is 11.6 Å². The predicted octanol–water partition coefficient (Wildman–Crippen LogP) is 5.86. The van der Waals surface area contributed by atoms with Gasteiger partial charge in [0.2, 0.25) is 5.79 Å². The quantitative estimate of drug-likeness (QED) is 0.0855. The highest BCUT2D eigenvalue weighted by Gasteiger charge is 2.22. The number of ketones is 1. The van der Waals surface area contributed by atoms with E-state index in [-0.39, 0.29) is 18.4 Å². The number of hydrogen-bond donors (Lipinski definition) is 4. The molecule has 1 fully saturated rings. The minimum absolute atomic E-state index is 0.0820. The van der Waals surface area contributed by atoms with Crippen LogP contribution in [0.1, 0.15) is 83.7 Å². The zero-order chi connectivity index (χ0) is 29.4. The van der Waals surface area contributed by atoms with E-state index in [1.165, 1.54) is 51.5 Å². The van der Waals surface area contributed by atoms with Crippen LogP contribution in [0.15, 0.2) is 83.1 Å². The van der Waals surface area contributed by atoms with Gasteiger partial charge in [0, 0.05) is 22.5 Å². The van der Waals surface area contributed by atoms with Crippen molar-refractivity contribution >= 4 is 29.1 Å². The lowest BCUT2D eigenvalue weighted by Crippen LogP contribution is -2.51. The van der Waals surface area contributed by atoms with Crippen LogP contribution >= 0.6 is 0 Å². The van der Waals surface area contributed by atoms with Crippen molar-refractivity contribution in [3.8, 4) is 0 Å². The summed E-state index contributed by atoms with van der Waals surface area (Å²) in [5, 5.41) is 12.2. The van der Waals surface area contributed by atoms with E-state index in [1.54, 1.807) is 53.4 Å². The number of urea groups is 1. The van der Waals surface area contributed by atoms with Crippen molar-refractivity contribution in [2.75, 3.05) is 10.2 Å². The van der Waals surface area contributed by atoms with Gasteiger partial charge < -0.3 is 16.5 Å². The van der Waals surface area contributed by atoms with E-state index >= 15 is 0 Å². The summed E-state index contributed by atoms with van der Waals surface area (Å²) in [6, 6.07) is 21.5. The Morgan fingerprint density at radius 3 is 2.27 bits per heavy atom. The summed E-state index contributed by atoms with van der Waals surface area (Å²) < 4.78 is 0. The lowest BCUT2D eigenvalue weighted by Gasteiger charge is -2.26. The van der Waals surface area contributed by atoms with E-state index in [0.717, 1.165) is 11.3 Å². The Labute approximate surface area is 240 Å². The first-order valence-corrected chi connectivity index (χ1v) is 13.8. The van der Waals surface area contributed by atoms with Gasteiger partial charge in [-0.2, -0.15) is 0 Å². The number of benzene rings is 3. The van der Waals surface area contributed by atoms with Gasteiger partial charge in [-0.15, -0.1) is 5.11 Å². The molecule has 1 saturated carbocycles. The summed E-state index contributed by atoms with van der Waals surface area (Å²) in [4.78, 5) is 39.7. The Kier molecular flexibility index (Phi) is 9.46. The van der Waals surface area contributed by atoms with E-state index < -0.39 is 11.7 Å². The molecule has 3 amide bonds. The van der Waals surface area contributed by atoms with E-state index in [2.05, 4.69) is 33.1 Å². The SMILES string of the molecule is CC(=O)c1cccc(NC(=O)N(Cc2ccc(C(=O)NC(C)(N)N=NN)cc2)c2ccc(C3CCCCC3)cc2)c1. The Balaban J connectivity index is 1.56. The molecule has 0 saturated heterocycles. The summed E-state index contributed by atoms with van der Waals surface area (Å²) in [5.41, 5.74) is 10.1. The van der Waals surface area contributed by atoms with Crippen LogP contribution in [0.5, 0.6) is 0 Å². The van der Waals surface area contributed by atoms with Crippen molar-refractivity contribution in [2.24, 2.45) is 21.9 Å². The molecule has 3 aromatic rings. The first-order chi connectivity index (χ1) is 19.6. The van der Waals surface area contributed by atoms with Gasteiger partial charge in [-0.05, 0) is 80.1 Å². The van der Waals surface area contributed by atoms with E-state index in [9.17, 15) is 14.4 Å². The molecule has 1 aliphatic carbocycles. The third kappa shape index (κ3) is 7.98. The molecule has 1 unspecified atom stereocenters. The maximum atomic E-state index is 13.6. The zero-order valence-corrected chi connectivity index (χ0v) is 23.5. The van der Waals surface area contributed by atoms with E-state index in [0.29, 0.717) is 22.7 Å². The van der Waals surface area contributed by atoms with Crippen LogP contribution in [-0.2, 0) is 6.54 Å². The Bertz CT molecular complexity index is 1400. The number of anilines is 2. The first-order valence-electron chi connectivity index (χ1n) is 13.8. The molecule has 10 nitrogen and oxygen atoms in total. The van der Waals surface area contributed by atoms with E-state index in [1.807, 2.05) is 12.1 Å². The highest BCUT2D eigenvalue weighted by atomic mass is 16.2. The van der Waals surface area contributed by atoms with Gasteiger partial charge >= 0.3 is 6.03 Å². The monoisotopic (exact) mass is 555 g/mol. The molecule has 0 aromatic heterocycles. The molecule has 3 aromatic carbocycles. The summed E-state index contributed by atoms with van der Waals surface area (Å²) in [6.07, 6.45) is 6.16. The molecule has 10 heteroatoms. The van der Waals surface area contributed by atoms with Gasteiger partial charge in [-0.25, -0.2) is 4.79 Å². The Hall–Kier alpha value is -4.57. The smallest absolute Gasteiger partial charge is 0.314 e. The standard InChI is InChI=1S/C31H37N7O3/c1-21(39)26-9-6-10-27(19-26)34-30(41)38(28-17-15-24(16-18-28)23-7-4-3-5-8-23)20-22-11-13-25(14-12-22)29(40)35-31(2,32)36-37-33/h6,9-19,23H,3-5,7-8,20,32H2,1-2H3,(H2,33,36)(H,34,41)(H,35,40). The van der Waals surface area contributed by atoms with Crippen molar-refractivity contribution in [3.05, 3.63) is 95.1 Å². The number of Topliss-reactive ketones (excluding diaryl/α,β-unsaturated/α-hetero) is 1. The van der Waals surface area contributed by atoms with Crippen molar-refractivity contribution < 1.29 is 14.4 Å². The number of nitrogens with two attached hydrogens (primary N) is 2. The number of hydrogen-bond acceptors (Lipinski definition) is 6. The lowest BCUT2D eigenvalue weighted by atomic mass is 9.84. The molecule has 0 heterocycles. The fraction of sp³-hybridized carbons (Fsp3) is 0.323. The van der Waals surface area contributed by atoms with Crippen molar-refractivity contribution in [1.82, 2.24) is 5.32 Å². The molecule has 1 aliphatic rings. The molecule has 0 aliphatic heterocycles. The predicted molar refractivity (Wildman–Crippen MR) is 159 cm³/mol. The van der Waals surface area contributed by atoms with Crippen LogP contribution in [0.25, 0.3) is 0 Å². The van der Waals surface area contributed by atoms with Crippen LogP contribution < -0.4 is 27.1 Å². The number of carbonyl (C=O) groups excluding carboxylic acids is 3. The van der Waals surface area contributed by atoms with Gasteiger partial charge in [-0.1, -0.05) is 60.9 Å². The van der Waals surface area contributed by atoms with Gasteiger partial charge in [0.25, 0.3) is 5.91 Å². The van der Waals surface area contributed by atoms with Crippen LogP contribution in [0.4, 0.5) is 16.2 Å². The molecule has 41 heavy (non-hydrogen) atoms. The lowest BCUT2D eigenvalue weighted by molar-refractivity contribution is 0.0907. The maximum absolute atomic E-state index is 13.6. The number of amides is 3. The van der Waals surface area contributed by atoms with Gasteiger partial charge in [0.15, 0.2) is 5.78 Å². The topological polar surface area (TPSA) is 155 Å². The second kappa shape index (κ2) is 13.2. The number of rotatable bonds is 9. The Morgan fingerprint density at radius 2 is 1.63 bits per heavy atom. The fourth-order valence-electron chi connectivity index (χ4n) is 5.04. The average molecular weight is 556 g/mol. The average Bonchev–Trinajstić information content (AvgIpc) is 2.96. The third-order valence-electron chi connectivity index (χ3n) is 7.24. The normalized spacial score (nSPS) is 15.2. The maximum Gasteiger partial charge on any atom is 0.326 e. The summed E-state index contributed by atoms with van der Waals surface area (Å²) in [7, 11) is 0. The van der Waals surface area contributed by atoms with Crippen molar-refractivity contribution in [2.45, 2.75) is 64.2 Å². The number of nitrogens with zero attached hydrogens (tertiary/aromatic N) is 3. The minimum Gasteiger partial charge on any atom is -0.314 e. The minimum atomic E-state index is -1.44. The van der Waals surface area contributed by atoms with Crippen LogP contribution in [0, 0.1) is 0 Å². The third-order valence-corrected chi connectivity index (χ3v) is 7.24. The second-order valence-corrected chi connectivity index (χ2v) is 10.6. The zero-order valence-electron chi connectivity index (χ0n) is 23.5. The number of carbonyl (C=O) groups is 3. The second-order valence-electron chi connectivity index (χ2n) is 10.6. The summed E-state index contributed by atoms with van der Waals surface area (Å²) >= 11 is 0. The number of nitrogens with one attached hydrogen (secondary N) is 2.